The lowest BCUT2D eigenvalue weighted by Gasteiger charge is -2.30. The largest absolute Gasteiger partial charge is 0.373 e. The van der Waals surface area contributed by atoms with Gasteiger partial charge < -0.3 is 10.5 Å². The van der Waals surface area contributed by atoms with Crippen molar-refractivity contribution >= 4 is 0 Å². The summed E-state index contributed by atoms with van der Waals surface area (Å²) in [5.41, 5.74) is 6.30. The van der Waals surface area contributed by atoms with Crippen LogP contribution in [0.2, 0.25) is 0 Å². The average Bonchev–Trinajstić information content (AvgIpc) is 3.37. The molecule has 2 nitrogen and oxygen atoms in total. The Hall–Kier alpha value is -0.0800. The SMILES string of the molecule is CCCCCCCCCCCCCCCCC(CC1CO1)C(C)(C)N. The van der Waals surface area contributed by atoms with Crippen molar-refractivity contribution < 1.29 is 4.74 Å². The van der Waals surface area contributed by atoms with Crippen LogP contribution in [0.4, 0.5) is 0 Å². The van der Waals surface area contributed by atoms with Crippen molar-refractivity contribution in [1.29, 1.82) is 0 Å². The summed E-state index contributed by atoms with van der Waals surface area (Å²) in [5, 5.41) is 0. The Morgan fingerprint density at radius 3 is 1.56 bits per heavy atom. The lowest BCUT2D eigenvalue weighted by atomic mass is 9.81. The highest BCUT2D eigenvalue weighted by atomic mass is 16.6. The maximum absolute atomic E-state index is 6.35. The Morgan fingerprint density at radius 1 is 0.800 bits per heavy atom. The van der Waals surface area contributed by atoms with Crippen molar-refractivity contribution in [3.8, 4) is 0 Å². The van der Waals surface area contributed by atoms with E-state index in [0.717, 1.165) is 6.61 Å². The summed E-state index contributed by atoms with van der Waals surface area (Å²) in [6.07, 6.45) is 23.0. The summed E-state index contributed by atoms with van der Waals surface area (Å²) in [6.45, 7) is 7.62. The molecule has 1 aliphatic heterocycles. The molecule has 0 radical (unpaired) electrons. The summed E-state index contributed by atoms with van der Waals surface area (Å²) in [5.74, 6) is 0.623. The van der Waals surface area contributed by atoms with Gasteiger partial charge in [0, 0.05) is 5.54 Å². The third-order valence-electron chi connectivity index (χ3n) is 5.91. The van der Waals surface area contributed by atoms with Gasteiger partial charge in [-0.1, -0.05) is 96.8 Å². The van der Waals surface area contributed by atoms with Gasteiger partial charge in [-0.15, -0.1) is 0 Å². The van der Waals surface area contributed by atoms with Crippen LogP contribution in [0.5, 0.6) is 0 Å². The number of rotatable bonds is 18. The standard InChI is InChI=1S/C23H47NO/c1-4-5-6-7-8-9-10-11-12-13-14-15-16-17-18-21(23(2,3)24)19-22-20-25-22/h21-22H,4-20,24H2,1-3H3. The Kier molecular flexibility index (Phi) is 12.9. The Morgan fingerprint density at radius 2 is 1.20 bits per heavy atom. The highest BCUT2D eigenvalue weighted by Crippen LogP contribution is 2.30. The van der Waals surface area contributed by atoms with Crippen LogP contribution in [-0.2, 0) is 4.74 Å². The molecule has 1 rings (SSSR count). The van der Waals surface area contributed by atoms with E-state index >= 15 is 0 Å². The van der Waals surface area contributed by atoms with Crippen LogP contribution in [0.25, 0.3) is 0 Å². The molecule has 0 aliphatic carbocycles. The Bertz CT molecular complexity index is 293. The first-order valence-electron chi connectivity index (χ1n) is 11.4. The van der Waals surface area contributed by atoms with Crippen molar-refractivity contribution in [2.75, 3.05) is 6.61 Å². The molecule has 0 aromatic heterocycles. The first kappa shape index (κ1) is 23.0. The molecule has 0 saturated carbocycles. The quantitative estimate of drug-likeness (QED) is 0.213. The van der Waals surface area contributed by atoms with E-state index in [9.17, 15) is 0 Å². The minimum Gasteiger partial charge on any atom is -0.373 e. The number of unbranched alkanes of at least 4 members (excludes halogenated alkanes) is 13. The Balaban J connectivity index is 1.83. The third-order valence-corrected chi connectivity index (χ3v) is 5.91. The van der Waals surface area contributed by atoms with E-state index in [1.165, 1.54) is 103 Å². The monoisotopic (exact) mass is 353 g/mol. The molecule has 25 heavy (non-hydrogen) atoms. The molecule has 150 valence electrons. The average molecular weight is 354 g/mol. The molecule has 1 saturated heterocycles. The van der Waals surface area contributed by atoms with Gasteiger partial charge in [-0.05, 0) is 32.6 Å². The van der Waals surface area contributed by atoms with Gasteiger partial charge in [-0.2, -0.15) is 0 Å². The van der Waals surface area contributed by atoms with Crippen LogP contribution < -0.4 is 5.73 Å². The second-order valence-electron chi connectivity index (χ2n) is 9.09. The molecule has 1 heterocycles. The van der Waals surface area contributed by atoms with Crippen LogP contribution in [-0.4, -0.2) is 18.2 Å². The van der Waals surface area contributed by atoms with Crippen molar-refractivity contribution in [2.24, 2.45) is 11.7 Å². The number of epoxide rings is 1. The summed E-state index contributed by atoms with van der Waals surface area (Å²) in [4.78, 5) is 0. The molecule has 2 N–H and O–H groups in total. The zero-order valence-corrected chi connectivity index (χ0v) is 17.7. The summed E-state index contributed by atoms with van der Waals surface area (Å²) in [7, 11) is 0. The van der Waals surface area contributed by atoms with Gasteiger partial charge in [0.1, 0.15) is 0 Å². The molecule has 1 aliphatic rings. The van der Waals surface area contributed by atoms with Gasteiger partial charge in [0.25, 0.3) is 0 Å². The van der Waals surface area contributed by atoms with Gasteiger partial charge in [0.15, 0.2) is 0 Å². The minimum atomic E-state index is -0.0531. The van der Waals surface area contributed by atoms with Crippen LogP contribution in [0.3, 0.4) is 0 Å². The van der Waals surface area contributed by atoms with Gasteiger partial charge >= 0.3 is 0 Å². The Labute approximate surface area is 158 Å². The van der Waals surface area contributed by atoms with Gasteiger partial charge in [-0.25, -0.2) is 0 Å². The van der Waals surface area contributed by atoms with Gasteiger partial charge in [0.05, 0.1) is 12.7 Å². The molecule has 0 spiro atoms. The maximum Gasteiger partial charge on any atom is 0.0813 e. The predicted molar refractivity (Wildman–Crippen MR) is 111 cm³/mol. The van der Waals surface area contributed by atoms with Crippen LogP contribution in [0.1, 0.15) is 124 Å². The molecular formula is C23H47NO. The zero-order chi connectivity index (χ0) is 18.4. The third kappa shape index (κ3) is 13.7. The van der Waals surface area contributed by atoms with Crippen molar-refractivity contribution in [3.05, 3.63) is 0 Å². The van der Waals surface area contributed by atoms with E-state index in [0.29, 0.717) is 12.0 Å². The van der Waals surface area contributed by atoms with Crippen molar-refractivity contribution in [2.45, 2.75) is 135 Å². The fourth-order valence-corrected chi connectivity index (χ4v) is 3.90. The zero-order valence-electron chi connectivity index (χ0n) is 17.7. The summed E-state index contributed by atoms with van der Waals surface area (Å²) >= 11 is 0. The fraction of sp³-hybridized carbons (Fsp3) is 1.00. The minimum absolute atomic E-state index is 0.0531. The number of nitrogens with two attached hydrogens (primary N) is 1. The lowest BCUT2D eigenvalue weighted by molar-refractivity contribution is 0.245. The maximum atomic E-state index is 6.35. The summed E-state index contributed by atoms with van der Waals surface area (Å²) in [6, 6.07) is 0. The number of hydrogen-bond donors (Lipinski definition) is 1. The van der Waals surface area contributed by atoms with E-state index in [4.69, 9.17) is 10.5 Å². The molecule has 0 aromatic rings. The molecule has 2 heteroatoms. The molecule has 2 atom stereocenters. The number of hydrogen-bond acceptors (Lipinski definition) is 2. The first-order valence-corrected chi connectivity index (χ1v) is 11.4. The van der Waals surface area contributed by atoms with Gasteiger partial charge in [0.2, 0.25) is 0 Å². The lowest BCUT2D eigenvalue weighted by Crippen LogP contribution is -2.41. The second kappa shape index (κ2) is 14.0. The topological polar surface area (TPSA) is 38.5 Å². The molecular weight excluding hydrogens is 306 g/mol. The highest BCUT2D eigenvalue weighted by molar-refractivity contribution is 4.86. The molecule has 0 bridgehead atoms. The van der Waals surface area contributed by atoms with E-state index in [1.54, 1.807) is 0 Å². The van der Waals surface area contributed by atoms with Crippen molar-refractivity contribution in [3.63, 3.8) is 0 Å². The number of ether oxygens (including phenoxy) is 1. The van der Waals surface area contributed by atoms with Crippen LogP contribution >= 0.6 is 0 Å². The highest BCUT2D eigenvalue weighted by Gasteiger charge is 2.32. The van der Waals surface area contributed by atoms with Crippen LogP contribution in [0, 0.1) is 5.92 Å². The van der Waals surface area contributed by atoms with Gasteiger partial charge in [-0.3, -0.25) is 0 Å². The fourth-order valence-electron chi connectivity index (χ4n) is 3.90. The second-order valence-corrected chi connectivity index (χ2v) is 9.09. The molecule has 0 aromatic carbocycles. The normalized spacial score (nSPS) is 18.5. The van der Waals surface area contributed by atoms with E-state index in [1.807, 2.05) is 0 Å². The van der Waals surface area contributed by atoms with E-state index < -0.39 is 0 Å². The predicted octanol–water partition coefficient (Wildman–Crippen LogP) is 7.00. The smallest absolute Gasteiger partial charge is 0.0813 e. The van der Waals surface area contributed by atoms with E-state index in [-0.39, 0.29) is 5.54 Å². The molecule has 1 fully saturated rings. The van der Waals surface area contributed by atoms with Crippen LogP contribution in [0.15, 0.2) is 0 Å². The molecule has 0 amide bonds. The van der Waals surface area contributed by atoms with Crippen molar-refractivity contribution in [1.82, 2.24) is 0 Å². The summed E-state index contributed by atoms with van der Waals surface area (Å²) < 4.78 is 5.40. The van der Waals surface area contributed by atoms with E-state index in [2.05, 4.69) is 20.8 Å². The first-order chi connectivity index (χ1) is 12.0. The molecule has 2 unspecified atom stereocenters.